The van der Waals surface area contributed by atoms with Crippen LogP contribution in [0.3, 0.4) is 0 Å². The zero-order valence-corrected chi connectivity index (χ0v) is 14.8. The molecule has 0 spiro atoms. The Hall–Kier alpha value is -0.110. The number of nitrogens with one attached hydrogen (secondary N) is 1. The minimum Gasteiger partial charge on any atom is -1.00 e. The molecule has 1 nitrogen and oxygen atoms in total. The van der Waals surface area contributed by atoms with E-state index in [2.05, 4.69) is 13.8 Å². The Kier molecular flexibility index (Phi) is 14.7. The molecule has 1 aliphatic heterocycles. The summed E-state index contributed by atoms with van der Waals surface area (Å²) in [6, 6.07) is 0. The van der Waals surface area contributed by atoms with Crippen molar-refractivity contribution in [2.75, 3.05) is 19.6 Å². The van der Waals surface area contributed by atoms with Gasteiger partial charge in [-0.3, -0.25) is 0 Å². The molecular formula is C19H40FN. The predicted octanol–water partition coefficient (Wildman–Crippen LogP) is 1.62. The van der Waals surface area contributed by atoms with Crippen LogP contribution in [-0.4, -0.2) is 19.6 Å². The lowest BCUT2D eigenvalue weighted by molar-refractivity contribution is -0.909. The van der Waals surface area contributed by atoms with Gasteiger partial charge in [0.2, 0.25) is 0 Å². The van der Waals surface area contributed by atoms with Crippen molar-refractivity contribution in [2.45, 2.75) is 97.3 Å². The van der Waals surface area contributed by atoms with Crippen LogP contribution in [-0.2, 0) is 0 Å². The molecule has 1 aliphatic rings. The van der Waals surface area contributed by atoms with Gasteiger partial charge in [-0.05, 0) is 32.1 Å². The highest BCUT2D eigenvalue weighted by atomic mass is 19.0. The van der Waals surface area contributed by atoms with E-state index in [4.69, 9.17) is 0 Å². The van der Waals surface area contributed by atoms with Gasteiger partial charge < -0.3 is 9.60 Å². The fourth-order valence-corrected chi connectivity index (χ4v) is 3.82. The van der Waals surface area contributed by atoms with Gasteiger partial charge in [0, 0.05) is 5.92 Å². The van der Waals surface area contributed by atoms with Crippen LogP contribution in [0.4, 0.5) is 0 Å². The number of hydrogen-bond donors (Lipinski definition) is 1. The van der Waals surface area contributed by atoms with Crippen molar-refractivity contribution in [3.63, 3.8) is 0 Å². The van der Waals surface area contributed by atoms with Crippen molar-refractivity contribution in [2.24, 2.45) is 5.92 Å². The molecule has 1 rings (SSSR count). The molecule has 2 heteroatoms. The van der Waals surface area contributed by atoms with E-state index in [1.165, 1.54) is 103 Å². The Morgan fingerprint density at radius 3 is 2.05 bits per heavy atom. The summed E-state index contributed by atoms with van der Waals surface area (Å²) < 4.78 is 0. The first-order chi connectivity index (χ1) is 9.86. The number of piperidine rings is 1. The first-order valence-corrected chi connectivity index (χ1v) is 9.70. The maximum absolute atomic E-state index is 2.34. The van der Waals surface area contributed by atoms with Gasteiger partial charge in [-0.15, -0.1) is 0 Å². The van der Waals surface area contributed by atoms with E-state index in [0.29, 0.717) is 0 Å². The molecule has 21 heavy (non-hydrogen) atoms. The van der Waals surface area contributed by atoms with E-state index in [0.717, 1.165) is 5.92 Å². The van der Waals surface area contributed by atoms with Crippen molar-refractivity contribution >= 4 is 0 Å². The monoisotopic (exact) mass is 301 g/mol. The molecule has 2 atom stereocenters. The molecular weight excluding hydrogens is 261 g/mol. The second-order valence-corrected chi connectivity index (χ2v) is 7.08. The summed E-state index contributed by atoms with van der Waals surface area (Å²) in [6.07, 6.45) is 19.0. The molecule has 0 saturated carbocycles. The summed E-state index contributed by atoms with van der Waals surface area (Å²) in [4.78, 5) is 1.91. The highest BCUT2D eigenvalue weighted by Gasteiger charge is 2.21. The summed E-state index contributed by atoms with van der Waals surface area (Å²) in [5, 5.41) is 0. The second-order valence-electron chi connectivity index (χ2n) is 7.08. The number of hydrogen-bond acceptors (Lipinski definition) is 0. The van der Waals surface area contributed by atoms with Gasteiger partial charge in [-0.25, -0.2) is 0 Å². The minimum atomic E-state index is 0. The van der Waals surface area contributed by atoms with Gasteiger partial charge in [0.1, 0.15) is 0 Å². The first kappa shape index (κ1) is 20.9. The van der Waals surface area contributed by atoms with Crippen LogP contribution in [0.15, 0.2) is 0 Å². The van der Waals surface area contributed by atoms with Gasteiger partial charge >= 0.3 is 0 Å². The number of unbranched alkanes of at least 4 members (excludes halogenated alkanes) is 8. The topological polar surface area (TPSA) is 4.44 Å². The molecule has 0 amide bonds. The maximum atomic E-state index is 2.34. The largest absolute Gasteiger partial charge is 1.00 e. The van der Waals surface area contributed by atoms with Crippen LogP contribution in [0.2, 0.25) is 0 Å². The molecule has 0 aromatic carbocycles. The molecule has 1 fully saturated rings. The minimum absolute atomic E-state index is 0. The van der Waals surface area contributed by atoms with Gasteiger partial charge in [-0.1, -0.05) is 65.2 Å². The SMILES string of the molecule is CCCCCCCCCCC[NH+]1CCCC(CCC)C1.[F-]. The van der Waals surface area contributed by atoms with E-state index in [1.807, 2.05) is 4.90 Å². The summed E-state index contributed by atoms with van der Waals surface area (Å²) in [5.74, 6) is 1.04. The molecule has 1 N–H and O–H groups in total. The van der Waals surface area contributed by atoms with Crippen molar-refractivity contribution in [1.29, 1.82) is 0 Å². The Balaban J connectivity index is 0.00000400. The summed E-state index contributed by atoms with van der Waals surface area (Å²) in [6.45, 7) is 9.03. The van der Waals surface area contributed by atoms with Crippen molar-refractivity contribution in [3.8, 4) is 0 Å². The molecule has 2 unspecified atom stereocenters. The lowest BCUT2D eigenvalue weighted by Gasteiger charge is -2.29. The van der Waals surface area contributed by atoms with Crippen LogP contribution in [0.1, 0.15) is 97.3 Å². The highest BCUT2D eigenvalue weighted by Crippen LogP contribution is 2.13. The molecule has 0 aliphatic carbocycles. The Morgan fingerprint density at radius 1 is 0.810 bits per heavy atom. The smallest absolute Gasteiger partial charge is 0.0799 e. The molecule has 0 radical (unpaired) electrons. The molecule has 1 heterocycles. The zero-order chi connectivity index (χ0) is 14.5. The third-order valence-electron chi connectivity index (χ3n) is 5.05. The molecule has 0 aromatic rings. The summed E-state index contributed by atoms with van der Waals surface area (Å²) in [5.41, 5.74) is 0. The number of quaternary nitrogens is 1. The van der Waals surface area contributed by atoms with E-state index in [1.54, 1.807) is 0 Å². The van der Waals surface area contributed by atoms with E-state index in [-0.39, 0.29) is 4.70 Å². The Morgan fingerprint density at radius 2 is 1.43 bits per heavy atom. The average molecular weight is 302 g/mol. The molecule has 1 saturated heterocycles. The Labute approximate surface area is 133 Å². The number of halogens is 1. The third kappa shape index (κ3) is 11.2. The fourth-order valence-electron chi connectivity index (χ4n) is 3.82. The van der Waals surface area contributed by atoms with Crippen LogP contribution < -0.4 is 9.60 Å². The molecule has 128 valence electrons. The van der Waals surface area contributed by atoms with Gasteiger partial charge in [0.15, 0.2) is 0 Å². The molecule has 0 bridgehead atoms. The van der Waals surface area contributed by atoms with Crippen LogP contribution in [0.5, 0.6) is 0 Å². The average Bonchev–Trinajstić information content (AvgIpc) is 2.46. The molecule has 0 aromatic heterocycles. The van der Waals surface area contributed by atoms with Crippen molar-refractivity contribution in [1.82, 2.24) is 0 Å². The van der Waals surface area contributed by atoms with Crippen LogP contribution >= 0.6 is 0 Å². The quantitative estimate of drug-likeness (QED) is 0.523. The van der Waals surface area contributed by atoms with Gasteiger partial charge in [-0.2, -0.15) is 0 Å². The van der Waals surface area contributed by atoms with Crippen LogP contribution in [0, 0.1) is 5.92 Å². The van der Waals surface area contributed by atoms with E-state index >= 15 is 0 Å². The number of likely N-dealkylation sites (tertiary alicyclic amines) is 1. The zero-order valence-electron chi connectivity index (χ0n) is 14.8. The highest BCUT2D eigenvalue weighted by molar-refractivity contribution is 4.61. The van der Waals surface area contributed by atoms with Crippen molar-refractivity contribution in [3.05, 3.63) is 0 Å². The summed E-state index contributed by atoms with van der Waals surface area (Å²) >= 11 is 0. The van der Waals surface area contributed by atoms with Crippen LogP contribution in [0.25, 0.3) is 0 Å². The van der Waals surface area contributed by atoms with Crippen molar-refractivity contribution < 1.29 is 9.60 Å². The fraction of sp³-hybridized carbons (Fsp3) is 1.00. The predicted molar refractivity (Wildman–Crippen MR) is 90.4 cm³/mol. The third-order valence-corrected chi connectivity index (χ3v) is 5.05. The first-order valence-electron chi connectivity index (χ1n) is 9.70. The normalized spacial score (nSPS) is 22.0. The number of rotatable bonds is 12. The standard InChI is InChI=1S/C19H39N.FH/c1-3-5-6-7-8-9-10-11-12-16-20-17-13-15-19(18-20)14-4-2;/h19H,3-18H2,1-2H3;1H. The lowest BCUT2D eigenvalue weighted by Crippen LogP contribution is -3.13. The van der Waals surface area contributed by atoms with E-state index in [9.17, 15) is 0 Å². The Bertz CT molecular complexity index is 206. The van der Waals surface area contributed by atoms with Gasteiger partial charge in [0.05, 0.1) is 19.6 Å². The second kappa shape index (κ2) is 14.8. The van der Waals surface area contributed by atoms with E-state index < -0.39 is 0 Å². The van der Waals surface area contributed by atoms with Gasteiger partial charge in [0.25, 0.3) is 0 Å². The maximum Gasteiger partial charge on any atom is 0.0799 e. The lowest BCUT2D eigenvalue weighted by atomic mass is 9.93. The summed E-state index contributed by atoms with van der Waals surface area (Å²) in [7, 11) is 0.